The van der Waals surface area contributed by atoms with Gasteiger partial charge in [0, 0.05) is 18.3 Å². The second-order valence-corrected chi connectivity index (χ2v) is 4.74. The first-order valence-electron chi connectivity index (χ1n) is 6.73. The van der Waals surface area contributed by atoms with Crippen LogP contribution >= 0.6 is 0 Å². The molecule has 4 nitrogen and oxygen atoms in total. The van der Waals surface area contributed by atoms with Gasteiger partial charge < -0.3 is 9.88 Å². The normalized spacial score (nSPS) is 10.3. The van der Waals surface area contributed by atoms with E-state index < -0.39 is 0 Å². The Morgan fingerprint density at radius 1 is 1.00 bits per heavy atom. The van der Waals surface area contributed by atoms with Crippen molar-refractivity contribution in [2.75, 3.05) is 5.32 Å². The third-order valence-corrected chi connectivity index (χ3v) is 3.12. The maximum atomic E-state index is 12.0. The highest BCUT2D eigenvalue weighted by atomic mass is 16.1. The number of hydrogen-bond donors (Lipinski definition) is 1. The Morgan fingerprint density at radius 2 is 1.67 bits per heavy atom. The van der Waals surface area contributed by atoms with Gasteiger partial charge in [0.15, 0.2) is 5.82 Å². The van der Waals surface area contributed by atoms with E-state index in [-0.39, 0.29) is 5.91 Å². The van der Waals surface area contributed by atoms with E-state index >= 15 is 0 Å². The molecule has 1 amide bonds. The van der Waals surface area contributed by atoms with Crippen molar-refractivity contribution >= 4 is 11.7 Å². The smallest absolute Gasteiger partial charge is 0.256 e. The number of carbonyl (C=O) groups excluding carboxylic acids is 1. The van der Waals surface area contributed by atoms with Crippen molar-refractivity contribution in [3.63, 3.8) is 0 Å². The molecule has 0 radical (unpaired) electrons. The molecule has 104 valence electrons. The molecule has 0 atom stereocenters. The predicted octanol–water partition coefficient (Wildman–Crippen LogP) is 3.18. The molecule has 0 spiro atoms. The molecular weight excluding hydrogens is 262 g/mol. The zero-order valence-corrected chi connectivity index (χ0v) is 11.4. The Hall–Kier alpha value is -2.88. The van der Waals surface area contributed by atoms with Gasteiger partial charge in [-0.2, -0.15) is 0 Å². The molecule has 1 aromatic heterocycles. The molecule has 0 bridgehead atoms. The van der Waals surface area contributed by atoms with Crippen molar-refractivity contribution in [3.8, 4) is 0 Å². The molecule has 4 heteroatoms. The number of nitrogens with zero attached hydrogens (tertiary/aromatic N) is 2. The average molecular weight is 277 g/mol. The van der Waals surface area contributed by atoms with Crippen LogP contribution in [0.5, 0.6) is 0 Å². The number of nitrogens with one attached hydrogen (secondary N) is 1. The van der Waals surface area contributed by atoms with Crippen LogP contribution in [0, 0.1) is 0 Å². The van der Waals surface area contributed by atoms with Gasteiger partial charge in [-0.1, -0.05) is 48.5 Å². The number of carbonyl (C=O) groups is 1. The first-order chi connectivity index (χ1) is 10.3. The number of rotatable bonds is 4. The van der Waals surface area contributed by atoms with Gasteiger partial charge in [0.2, 0.25) is 0 Å². The van der Waals surface area contributed by atoms with E-state index in [1.165, 1.54) is 5.56 Å². The Labute approximate surface area is 123 Å². The highest BCUT2D eigenvalue weighted by molar-refractivity contribution is 6.03. The molecular formula is C17H15N3O. The van der Waals surface area contributed by atoms with Gasteiger partial charge in [0.1, 0.15) is 0 Å². The van der Waals surface area contributed by atoms with Gasteiger partial charge in [0.25, 0.3) is 5.91 Å². The Balaban J connectivity index is 1.67. The zero-order chi connectivity index (χ0) is 14.5. The minimum atomic E-state index is -0.152. The number of anilines is 1. The molecule has 21 heavy (non-hydrogen) atoms. The molecule has 1 N–H and O–H groups in total. The summed E-state index contributed by atoms with van der Waals surface area (Å²) >= 11 is 0. The van der Waals surface area contributed by atoms with Crippen molar-refractivity contribution in [2.24, 2.45) is 0 Å². The van der Waals surface area contributed by atoms with Crippen LogP contribution in [-0.2, 0) is 6.54 Å². The summed E-state index contributed by atoms with van der Waals surface area (Å²) in [5.74, 6) is 0.403. The van der Waals surface area contributed by atoms with Crippen LogP contribution in [0.3, 0.4) is 0 Å². The molecule has 0 unspecified atom stereocenters. The van der Waals surface area contributed by atoms with Crippen molar-refractivity contribution in [2.45, 2.75) is 6.54 Å². The average Bonchev–Trinajstić information content (AvgIpc) is 2.96. The third-order valence-electron chi connectivity index (χ3n) is 3.12. The van der Waals surface area contributed by atoms with E-state index in [2.05, 4.69) is 22.4 Å². The Kier molecular flexibility index (Phi) is 3.78. The molecule has 3 rings (SSSR count). The lowest BCUT2D eigenvalue weighted by molar-refractivity contribution is 0.102. The monoisotopic (exact) mass is 277 g/mol. The third kappa shape index (κ3) is 3.36. The van der Waals surface area contributed by atoms with Crippen LogP contribution in [-0.4, -0.2) is 15.5 Å². The van der Waals surface area contributed by atoms with Crippen LogP contribution in [0.2, 0.25) is 0 Å². The van der Waals surface area contributed by atoms with Crippen LogP contribution in [0.15, 0.2) is 73.2 Å². The minimum absolute atomic E-state index is 0.152. The summed E-state index contributed by atoms with van der Waals surface area (Å²) in [5.41, 5.74) is 1.81. The quantitative estimate of drug-likeness (QED) is 0.796. The van der Waals surface area contributed by atoms with Crippen LogP contribution in [0.25, 0.3) is 0 Å². The molecule has 0 aliphatic rings. The number of hydrogen-bond acceptors (Lipinski definition) is 2. The molecule has 2 aromatic carbocycles. The van der Waals surface area contributed by atoms with Gasteiger partial charge in [-0.15, -0.1) is 0 Å². The lowest BCUT2D eigenvalue weighted by Crippen LogP contribution is -2.11. The summed E-state index contributed by atoms with van der Waals surface area (Å²) in [7, 11) is 0. The topological polar surface area (TPSA) is 46.9 Å². The highest BCUT2D eigenvalue weighted by Gasteiger charge is 2.07. The standard InChI is InChI=1S/C17H15N3O/c21-17(15-9-5-2-6-10-15)19-16-12-20(13-18-16)11-14-7-3-1-4-8-14/h1-10,12-13H,11H2,(H,19,21). The molecule has 0 aliphatic carbocycles. The summed E-state index contributed by atoms with van der Waals surface area (Å²) < 4.78 is 1.94. The SMILES string of the molecule is O=C(Nc1cn(Cc2ccccc2)cn1)c1ccccc1. The summed E-state index contributed by atoms with van der Waals surface area (Å²) in [4.78, 5) is 16.2. The summed E-state index contributed by atoms with van der Waals surface area (Å²) in [6, 6.07) is 19.2. The maximum Gasteiger partial charge on any atom is 0.256 e. The molecule has 3 aromatic rings. The summed E-state index contributed by atoms with van der Waals surface area (Å²) in [6.45, 7) is 0.731. The number of aromatic nitrogens is 2. The fraction of sp³-hybridized carbons (Fsp3) is 0.0588. The van der Waals surface area contributed by atoms with Crippen molar-refractivity contribution in [1.29, 1.82) is 0 Å². The highest BCUT2D eigenvalue weighted by Crippen LogP contribution is 2.09. The van der Waals surface area contributed by atoms with E-state index in [4.69, 9.17) is 0 Å². The van der Waals surface area contributed by atoms with Crippen molar-refractivity contribution in [3.05, 3.63) is 84.3 Å². The van der Waals surface area contributed by atoms with Crippen LogP contribution in [0.1, 0.15) is 15.9 Å². The largest absolute Gasteiger partial charge is 0.331 e. The number of imidazole rings is 1. The predicted molar refractivity (Wildman–Crippen MR) is 82.2 cm³/mol. The van der Waals surface area contributed by atoms with E-state index in [0.29, 0.717) is 11.4 Å². The maximum absolute atomic E-state index is 12.0. The Morgan fingerprint density at radius 3 is 2.38 bits per heavy atom. The van der Waals surface area contributed by atoms with Gasteiger partial charge in [-0.05, 0) is 17.7 Å². The van der Waals surface area contributed by atoms with E-state index in [1.54, 1.807) is 18.5 Å². The lowest BCUT2D eigenvalue weighted by Gasteiger charge is -2.02. The fourth-order valence-electron chi connectivity index (χ4n) is 2.08. The van der Waals surface area contributed by atoms with Crippen LogP contribution < -0.4 is 5.32 Å². The number of amides is 1. The molecule has 0 saturated heterocycles. The number of benzene rings is 2. The second kappa shape index (κ2) is 6.05. The zero-order valence-electron chi connectivity index (χ0n) is 11.4. The summed E-state index contributed by atoms with van der Waals surface area (Å²) in [6.07, 6.45) is 3.54. The Bertz CT molecular complexity index is 720. The molecule has 0 saturated carbocycles. The fourth-order valence-corrected chi connectivity index (χ4v) is 2.08. The van der Waals surface area contributed by atoms with Gasteiger partial charge in [-0.3, -0.25) is 4.79 Å². The van der Waals surface area contributed by atoms with E-state index in [0.717, 1.165) is 6.54 Å². The molecule has 0 fully saturated rings. The molecule has 1 heterocycles. The van der Waals surface area contributed by atoms with Gasteiger partial charge in [0.05, 0.1) is 6.33 Å². The van der Waals surface area contributed by atoms with E-state index in [1.807, 2.05) is 47.2 Å². The first-order valence-corrected chi connectivity index (χ1v) is 6.73. The van der Waals surface area contributed by atoms with Gasteiger partial charge in [-0.25, -0.2) is 4.98 Å². The van der Waals surface area contributed by atoms with E-state index in [9.17, 15) is 4.79 Å². The van der Waals surface area contributed by atoms with Crippen molar-refractivity contribution < 1.29 is 4.79 Å². The second-order valence-electron chi connectivity index (χ2n) is 4.74. The first kappa shape index (κ1) is 13.1. The van der Waals surface area contributed by atoms with Crippen molar-refractivity contribution in [1.82, 2.24) is 9.55 Å². The van der Waals surface area contributed by atoms with Gasteiger partial charge >= 0.3 is 0 Å². The molecule has 0 aliphatic heterocycles. The minimum Gasteiger partial charge on any atom is -0.331 e. The summed E-state index contributed by atoms with van der Waals surface area (Å²) in [5, 5.41) is 2.79. The van der Waals surface area contributed by atoms with Crippen LogP contribution in [0.4, 0.5) is 5.82 Å². The lowest BCUT2D eigenvalue weighted by atomic mass is 10.2.